The van der Waals surface area contributed by atoms with Gasteiger partial charge >= 0.3 is 0 Å². The molecule has 1 atom stereocenters. The Morgan fingerprint density at radius 2 is 1.90 bits per heavy atom. The van der Waals surface area contributed by atoms with Crippen molar-refractivity contribution in [3.63, 3.8) is 0 Å². The molecule has 2 fully saturated rings. The van der Waals surface area contributed by atoms with E-state index in [0.29, 0.717) is 12.5 Å². The molecule has 172 valence electrons. The number of carbonyl (C=O) groups excluding carboxylic acids is 1. The Kier molecular flexibility index (Phi) is 7.81. The van der Waals surface area contributed by atoms with Gasteiger partial charge in [-0.3, -0.25) is 9.79 Å². The summed E-state index contributed by atoms with van der Waals surface area (Å²) < 4.78 is 2.30. The van der Waals surface area contributed by atoms with E-state index < -0.39 is 0 Å². The molecule has 1 amide bonds. The average molecular weight is 430 g/mol. The van der Waals surface area contributed by atoms with E-state index in [1.54, 1.807) is 0 Å². The molecule has 8 nitrogen and oxygen atoms in total. The number of rotatable bonds is 6. The van der Waals surface area contributed by atoms with Crippen molar-refractivity contribution in [3.8, 4) is 0 Å². The standard InChI is InChI=1S/C23H39N7O/c1-2-24-23(25-14-12-21-28-27-20-11-7-4-8-15-30(20)21)26-19-13-16-29(17-19)22(31)18-9-5-3-6-10-18/h18-19H,2-17H2,1H3,(H2,24,25,26). The first kappa shape index (κ1) is 22.1. The van der Waals surface area contributed by atoms with Crippen molar-refractivity contribution >= 4 is 11.9 Å². The van der Waals surface area contributed by atoms with E-state index in [-0.39, 0.29) is 12.0 Å². The van der Waals surface area contributed by atoms with Gasteiger partial charge < -0.3 is 20.1 Å². The topological polar surface area (TPSA) is 87.4 Å². The molecule has 3 heterocycles. The molecule has 1 aromatic rings. The van der Waals surface area contributed by atoms with Crippen LogP contribution in [-0.2, 0) is 24.2 Å². The summed E-state index contributed by atoms with van der Waals surface area (Å²) in [6, 6.07) is 0.273. The molecule has 1 aromatic heterocycles. The SMILES string of the molecule is CCNC(=NCCc1nnc2n1CCCCC2)NC1CCN(C(=O)C2CCCCC2)C1. The first-order valence-electron chi connectivity index (χ1n) is 12.5. The number of hydrogen-bond donors (Lipinski definition) is 2. The summed E-state index contributed by atoms with van der Waals surface area (Å²) in [5, 5.41) is 15.7. The van der Waals surface area contributed by atoms with Crippen molar-refractivity contribution in [3.05, 3.63) is 11.6 Å². The molecule has 1 saturated carbocycles. The summed E-state index contributed by atoms with van der Waals surface area (Å²) in [6.45, 7) is 6.28. The Morgan fingerprint density at radius 3 is 2.74 bits per heavy atom. The van der Waals surface area contributed by atoms with Crippen molar-refractivity contribution in [2.75, 3.05) is 26.2 Å². The Bertz CT molecular complexity index is 753. The van der Waals surface area contributed by atoms with Gasteiger partial charge in [-0.2, -0.15) is 0 Å². The smallest absolute Gasteiger partial charge is 0.225 e. The molecule has 2 aliphatic heterocycles. The Hall–Kier alpha value is -2.12. The molecule has 1 aliphatic carbocycles. The third-order valence-corrected chi connectivity index (χ3v) is 6.93. The van der Waals surface area contributed by atoms with Crippen LogP contribution in [0.5, 0.6) is 0 Å². The van der Waals surface area contributed by atoms with Crippen molar-refractivity contribution in [1.29, 1.82) is 0 Å². The largest absolute Gasteiger partial charge is 0.357 e. The van der Waals surface area contributed by atoms with Crippen LogP contribution in [0.4, 0.5) is 0 Å². The highest BCUT2D eigenvalue weighted by atomic mass is 16.2. The van der Waals surface area contributed by atoms with Gasteiger partial charge in [0.05, 0.1) is 0 Å². The molecule has 1 unspecified atom stereocenters. The Labute approximate surface area is 186 Å². The van der Waals surface area contributed by atoms with Gasteiger partial charge in [0, 0.05) is 57.5 Å². The minimum absolute atomic E-state index is 0.257. The summed E-state index contributed by atoms with van der Waals surface area (Å²) in [7, 11) is 0. The van der Waals surface area contributed by atoms with Crippen LogP contribution >= 0.6 is 0 Å². The van der Waals surface area contributed by atoms with E-state index in [1.807, 2.05) is 0 Å². The number of amides is 1. The molecular formula is C23H39N7O. The summed E-state index contributed by atoms with van der Waals surface area (Å²) in [5.74, 6) is 3.66. The van der Waals surface area contributed by atoms with Gasteiger partial charge in [-0.15, -0.1) is 10.2 Å². The molecule has 2 N–H and O–H groups in total. The van der Waals surface area contributed by atoms with Crippen LogP contribution < -0.4 is 10.6 Å². The van der Waals surface area contributed by atoms with Crippen molar-refractivity contribution < 1.29 is 4.79 Å². The summed E-state index contributed by atoms with van der Waals surface area (Å²) in [6.07, 6.45) is 12.4. The highest BCUT2D eigenvalue weighted by Gasteiger charge is 2.31. The molecule has 4 rings (SSSR count). The molecule has 0 bridgehead atoms. The quantitative estimate of drug-likeness (QED) is 0.535. The lowest BCUT2D eigenvalue weighted by Crippen LogP contribution is -2.45. The normalized spacial score (nSPS) is 22.8. The third kappa shape index (κ3) is 5.77. The number of likely N-dealkylation sites (tertiary alicyclic amines) is 1. The second kappa shape index (κ2) is 11.0. The van der Waals surface area contributed by atoms with Gasteiger partial charge in [-0.05, 0) is 39.0 Å². The molecule has 0 aromatic carbocycles. The second-order valence-electron chi connectivity index (χ2n) is 9.25. The fraction of sp³-hybridized carbons (Fsp3) is 0.826. The van der Waals surface area contributed by atoms with Crippen LogP contribution in [0, 0.1) is 5.92 Å². The van der Waals surface area contributed by atoms with Gasteiger partial charge in [0.1, 0.15) is 11.6 Å². The molecule has 1 saturated heterocycles. The van der Waals surface area contributed by atoms with E-state index in [9.17, 15) is 4.79 Å². The molecule has 0 spiro atoms. The van der Waals surface area contributed by atoms with Crippen molar-refractivity contribution in [1.82, 2.24) is 30.3 Å². The summed E-state index contributed by atoms with van der Waals surface area (Å²) in [4.78, 5) is 19.7. The Balaban J connectivity index is 1.28. The number of hydrogen-bond acceptors (Lipinski definition) is 4. The number of aryl methyl sites for hydroxylation is 1. The fourth-order valence-electron chi connectivity index (χ4n) is 5.20. The van der Waals surface area contributed by atoms with E-state index in [0.717, 1.165) is 75.9 Å². The lowest BCUT2D eigenvalue weighted by atomic mass is 9.88. The number of guanidine groups is 1. The zero-order valence-corrected chi connectivity index (χ0v) is 19.1. The predicted molar refractivity (Wildman–Crippen MR) is 122 cm³/mol. The first-order chi connectivity index (χ1) is 15.2. The predicted octanol–water partition coefficient (Wildman–Crippen LogP) is 2.28. The highest BCUT2D eigenvalue weighted by Crippen LogP contribution is 2.26. The molecule has 0 radical (unpaired) electrons. The number of nitrogens with zero attached hydrogens (tertiary/aromatic N) is 5. The van der Waals surface area contributed by atoms with Crippen LogP contribution in [0.15, 0.2) is 4.99 Å². The first-order valence-corrected chi connectivity index (χ1v) is 12.5. The van der Waals surface area contributed by atoms with Crippen LogP contribution in [0.3, 0.4) is 0 Å². The lowest BCUT2D eigenvalue weighted by molar-refractivity contribution is -0.135. The zero-order valence-electron chi connectivity index (χ0n) is 19.1. The van der Waals surface area contributed by atoms with Crippen molar-refractivity contribution in [2.24, 2.45) is 10.9 Å². The second-order valence-corrected chi connectivity index (χ2v) is 9.25. The van der Waals surface area contributed by atoms with E-state index in [4.69, 9.17) is 4.99 Å². The number of nitrogens with one attached hydrogen (secondary N) is 2. The number of aromatic nitrogens is 3. The third-order valence-electron chi connectivity index (χ3n) is 6.93. The number of carbonyl (C=O) groups is 1. The molecule has 8 heteroatoms. The van der Waals surface area contributed by atoms with Gasteiger partial charge in [0.2, 0.25) is 5.91 Å². The maximum atomic E-state index is 12.8. The van der Waals surface area contributed by atoms with Gasteiger partial charge in [-0.1, -0.05) is 25.7 Å². The number of fused-ring (bicyclic) bond motifs is 1. The van der Waals surface area contributed by atoms with Crippen LogP contribution in [-0.4, -0.2) is 63.8 Å². The van der Waals surface area contributed by atoms with E-state index in [2.05, 4.69) is 37.2 Å². The molecule has 31 heavy (non-hydrogen) atoms. The van der Waals surface area contributed by atoms with Gasteiger partial charge in [-0.25, -0.2) is 0 Å². The maximum absolute atomic E-state index is 12.8. The van der Waals surface area contributed by atoms with Gasteiger partial charge in [0.15, 0.2) is 5.96 Å². The summed E-state index contributed by atoms with van der Waals surface area (Å²) >= 11 is 0. The molecular weight excluding hydrogens is 390 g/mol. The zero-order chi connectivity index (χ0) is 21.5. The lowest BCUT2D eigenvalue weighted by Gasteiger charge is -2.26. The van der Waals surface area contributed by atoms with Crippen LogP contribution in [0.1, 0.15) is 76.4 Å². The minimum atomic E-state index is 0.257. The summed E-state index contributed by atoms with van der Waals surface area (Å²) in [5.41, 5.74) is 0. The average Bonchev–Trinajstić information content (AvgIpc) is 3.34. The molecule has 3 aliphatic rings. The Morgan fingerprint density at radius 1 is 1.06 bits per heavy atom. The fourth-order valence-corrected chi connectivity index (χ4v) is 5.20. The van der Waals surface area contributed by atoms with Crippen LogP contribution in [0.25, 0.3) is 0 Å². The van der Waals surface area contributed by atoms with E-state index >= 15 is 0 Å². The number of aliphatic imine (C=N–C) groups is 1. The van der Waals surface area contributed by atoms with E-state index in [1.165, 1.54) is 38.5 Å². The van der Waals surface area contributed by atoms with Crippen LogP contribution in [0.2, 0.25) is 0 Å². The van der Waals surface area contributed by atoms with Gasteiger partial charge in [0.25, 0.3) is 0 Å². The monoisotopic (exact) mass is 429 g/mol. The maximum Gasteiger partial charge on any atom is 0.225 e. The highest BCUT2D eigenvalue weighted by molar-refractivity contribution is 5.81. The van der Waals surface area contributed by atoms with Crippen molar-refractivity contribution in [2.45, 2.75) is 90.1 Å². The minimum Gasteiger partial charge on any atom is -0.357 e.